The van der Waals surface area contributed by atoms with E-state index in [1.807, 2.05) is 43.0 Å². The predicted molar refractivity (Wildman–Crippen MR) is 122 cm³/mol. The van der Waals surface area contributed by atoms with Crippen LogP contribution in [-0.4, -0.2) is 41.3 Å². The van der Waals surface area contributed by atoms with Crippen LogP contribution < -0.4 is 9.64 Å². The van der Waals surface area contributed by atoms with Gasteiger partial charge in [-0.15, -0.1) is 0 Å². The predicted octanol–water partition coefficient (Wildman–Crippen LogP) is 5.15. The molecule has 1 fully saturated rings. The molecule has 3 aromatic rings. The molecule has 0 atom stereocenters. The van der Waals surface area contributed by atoms with Crippen LogP contribution in [0.1, 0.15) is 49.6 Å². The molecule has 33 heavy (non-hydrogen) atoms. The number of piperidine rings is 1. The van der Waals surface area contributed by atoms with Crippen LogP contribution in [0.5, 0.6) is 5.75 Å². The van der Waals surface area contributed by atoms with Crippen LogP contribution in [0.3, 0.4) is 0 Å². The largest absolute Gasteiger partial charge is 0.491 e. The van der Waals surface area contributed by atoms with Gasteiger partial charge in [0.1, 0.15) is 17.4 Å². The summed E-state index contributed by atoms with van der Waals surface area (Å²) in [4.78, 5) is 8.77. The van der Waals surface area contributed by atoms with Crippen molar-refractivity contribution in [1.29, 1.82) is 0 Å². The third-order valence-electron chi connectivity index (χ3n) is 5.83. The minimum atomic E-state index is -0.606. The monoisotopic (exact) mass is 456 g/mol. The van der Waals surface area contributed by atoms with Crippen LogP contribution in [0.2, 0.25) is 0 Å². The van der Waals surface area contributed by atoms with E-state index in [0.29, 0.717) is 23.9 Å². The van der Waals surface area contributed by atoms with Gasteiger partial charge in [-0.25, -0.2) is 8.78 Å². The summed E-state index contributed by atoms with van der Waals surface area (Å²) in [7, 11) is 2.11. The van der Waals surface area contributed by atoms with Crippen LogP contribution >= 0.6 is 0 Å². The van der Waals surface area contributed by atoms with E-state index in [4.69, 9.17) is 9.26 Å². The molecular formula is C25H30F2N4O2. The van der Waals surface area contributed by atoms with Gasteiger partial charge in [0.15, 0.2) is 5.82 Å². The van der Waals surface area contributed by atoms with E-state index in [2.05, 4.69) is 22.1 Å². The Hall–Kier alpha value is -3.00. The first-order valence-electron chi connectivity index (χ1n) is 11.3. The Labute approximate surface area is 193 Å². The highest BCUT2D eigenvalue weighted by molar-refractivity contribution is 5.35. The number of benzene rings is 2. The maximum Gasteiger partial charge on any atom is 0.324 e. The molecule has 6 nitrogen and oxygen atoms in total. The Morgan fingerprint density at radius 2 is 1.82 bits per heavy atom. The first-order valence-corrected chi connectivity index (χ1v) is 11.3. The summed E-state index contributed by atoms with van der Waals surface area (Å²) in [5.41, 5.74) is 1.34. The number of rotatable bonds is 8. The second kappa shape index (κ2) is 10.3. The summed E-state index contributed by atoms with van der Waals surface area (Å²) in [6.07, 6.45) is 2.03. The number of ether oxygens (including phenoxy) is 1. The van der Waals surface area contributed by atoms with Gasteiger partial charge in [-0.2, -0.15) is 4.98 Å². The topological polar surface area (TPSA) is 54.6 Å². The van der Waals surface area contributed by atoms with Crippen molar-refractivity contribution in [2.45, 2.75) is 51.8 Å². The number of hydrogen-bond donors (Lipinski definition) is 0. The fraction of sp³-hybridized carbons (Fsp3) is 0.440. The molecule has 0 radical (unpaired) electrons. The quantitative estimate of drug-likeness (QED) is 0.467. The average molecular weight is 457 g/mol. The van der Waals surface area contributed by atoms with Crippen LogP contribution in [-0.2, 0) is 13.1 Å². The molecule has 0 spiro atoms. The van der Waals surface area contributed by atoms with Crippen molar-refractivity contribution in [3.05, 3.63) is 71.1 Å². The zero-order valence-electron chi connectivity index (χ0n) is 19.3. The van der Waals surface area contributed by atoms with E-state index in [-0.39, 0.29) is 18.6 Å². The number of anilines is 1. The fourth-order valence-corrected chi connectivity index (χ4v) is 4.00. The van der Waals surface area contributed by atoms with Gasteiger partial charge in [-0.05, 0) is 70.6 Å². The number of hydrogen-bond acceptors (Lipinski definition) is 6. The molecule has 2 heterocycles. The van der Waals surface area contributed by atoms with E-state index in [1.54, 1.807) is 0 Å². The Morgan fingerprint density at radius 3 is 2.48 bits per heavy atom. The van der Waals surface area contributed by atoms with Crippen molar-refractivity contribution in [3.8, 4) is 5.75 Å². The van der Waals surface area contributed by atoms with Crippen LogP contribution in [0.25, 0.3) is 0 Å². The molecule has 0 N–H and O–H groups in total. The van der Waals surface area contributed by atoms with Gasteiger partial charge in [-0.3, -0.25) is 0 Å². The van der Waals surface area contributed by atoms with Gasteiger partial charge in [0.05, 0.1) is 12.6 Å². The molecule has 4 rings (SSSR count). The lowest BCUT2D eigenvalue weighted by Gasteiger charge is -2.26. The van der Waals surface area contributed by atoms with Gasteiger partial charge >= 0.3 is 6.01 Å². The molecular weight excluding hydrogens is 426 g/mol. The molecule has 0 amide bonds. The molecule has 1 aliphatic heterocycles. The second-order valence-electron chi connectivity index (χ2n) is 8.92. The Morgan fingerprint density at radius 1 is 1.09 bits per heavy atom. The molecule has 2 aromatic carbocycles. The lowest BCUT2D eigenvalue weighted by atomic mass is 9.97. The summed E-state index contributed by atoms with van der Waals surface area (Å²) in [6, 6.07) is 11.7. The number of nitrogens with zero attached hydrogens (tertiary/aromatic N) is 4. The van der Waals surface area contributed by atoms with E-state index in [9.17, 15) is 8.78 Å². The van der Waals surface area contributed by atoms with E-state index < -0.39 is 11.6 Å². The number of aromatic nitrogens is 2. The summed E-state index contributed by atoms with van der Waals surface area (Å²) < 4.78 is 39.2. The van der Waals surface area contributed by atoms with Crippen LogP contribution in [0.4, 0.5) is 14.8 Å². The minimum absolute atomic E-state index is 0.0881. The molecule has 0 saturated carbocycles. The molecule has 1 aliphatic rings. The highest BCUT2D eigenvalue weighted by Gasteiger charge is 2.25. The molecule has 1 saturated heterocycles. The normalized spacial score (nSPS) is 15.2. The summed E-state index contributed by atoms with van der Waals surface area (Å²) in [5.74, 6) is 0.507. The Balaban J connectivity index is 1.56. The van der Waals surface area contributed by atoms with Crippen molar-refractivity contribution in [2.75, 3.05) is 25.0 Å². The zero-order chi connectivity index (χ0) is 23.4. The third-order valence-corrected chi connectivity index (χ3v) is 5.83. The van der Waals surface area contributed by atoms with Gasteiger partial charge < -0.3 is 19.1 Å². The fourth-order valence-electron chi connectivity index (χ4n) is 4.00. The molecule has 8 heteroatoms. The minimum Gasteiger partial charge on any atom is -0.491 e. The zero-order valence-corrected chi connectivity index (χ0v) is 19.3. The average Bonchev–Trinajstić information content (AvgIpc) is 3.26. The molecule has 1 aromatic heterocycles. The molecule has 0 bridgehead atoms. The summed E-state index contributed by atoms with van der Waals surface area (Å²) >= 11 is 0. The maximum atomic E-state index is 14.4. The van der Waals surface area contributed by atoms with Gasteiger partial charge in [0.25, 0.3) is 0 Å². The SMILES string of the molecule is CC(C)Oc1ccc(CN(Cc2ccc(F)cc2F)c2nc(C3CCN(C)CC3)no2)cc1. The van der Waals surface area contributed by atoms with Crippen molar-refractivity contribution in [2.24, 2.45) is 0 Å². The molecule has 0 aliphatic carbocycles. The first-order chi connectivity index (χ1) is 15.9. The second-order valence-corrected chi connectivity index (χ2v) is 8.92. The van der Waals surface area contributed by atoms with Crippen LogP contribution in [0.15, 0.2) is 47.0 Å². The van der Waals surface area contributed by atoms with Crippen molar-refractivity contribution in [1.82, 2.24) is 15.0 Å². The van der Waals surface area contributed by atoms with E-state index >= 15 is 0 Å². The van der Waals surface area contributed by atoms with Gasteiger partial charge in [0.2, 0.25) is 0 Å². The van der Waals surface area contributed by atoms with Gasteiger partial charge in [-0.1, -0.05) is 23.4 Å². The first kappa shape index (κ1) is 23.2. The van der Waals surface area contributed by atoms with Crippen molar-refractivity contribution < 1.29 is 18.0 Å². The van der Waals surface area contributed by atoms with E-state index in [1.165, 1.54) is 12.1 Å². The van der Waals surface area contributed by atoms with Gasteiger partial charge in [0, 0.05) is 24.1 Å². The summed E-state index contributed by atoms with van der Waals surface area (Å²) in [5, 5.41) is 4.23. The highest BCUT2D eigenvalue weighted by atomic mass is 19.1. The third kappa shape index (κ3) is 6.07. The smallest absolute Gasteiger partial charge is 0.324 e. The lowest BCUT2D eigenvalue weighted by Crippen LogP contribution is -2.29. The van der Waals surface area contributed by atoms with E-state index in [0.717, 1.165) is 43.3 Å². The number of halogens is 2. The Bertz CT molecular complexity index is 1050. The van der Waals surface area contributed by atoms with Crippen molar-refractivity contribution in [3.63, 3.8) is 0 Å². The maximum absolute atomic E-state index is 14.4. The standard InChI is InChI=1S/C25H30F2N4O2/c1-17(2)32-22-8-4-18(5-9-22)15-31(16-20-6-7-21(26)14-23(20)27)25-28-24(29-33-25)19-10-12-30(3)13-11-19/h4-9,14,17,19H,10-13,15-16H2,1-3H3. The number of likely N-dealkylation sites (tertiary alicyclic amines) is 1. The Kier molecular flexibility index (Phi) is 7.23. The molecule has 0 unspecified atom stereocenters. The lowest BCUT2D eigenvalue weighted by molar-refractivity contribution is 0.242. The van der Waals surface area contributed by atoms with Crippen LogP contribution in [0, 0.1) is 11.6 Å². The highest BCUT2D eigenvalue weighted by Crippen LogP contribution is 2.28. The summed E-state index contributed by atoms with van der Waals surface area (Å²) in [6.45, 7) is 6.53. The molecule has 176 valence electrons. The van der Waals surface area contributed by atoms with Crippen molar-refractivity contribution >= 4 is 6.01 Å².